The molecule has 0 unspecified atom stereocenters. The summed E-state index contributed by atoms with van der Waals surface area (Å²) < 4.78 is 16.4. The van der Waals surface area contributed by atoms with E-state index < -0.39 is 23.7 Å². The first-order valence-electron chi connectivity index (χ1n) is 11.2. The summed E-state index contributed by atoms with van der Waals surface area (Å²) in [5, 5.41) is 3.21. The Morgan fingerprint density at radius 2 is 1.82 bits per heavy atom. The van der Waals surface area contributed by atoms with Crippen molar-refractivity contribution in [3.05, 3.63) is 75.6 Å². The number of esters is 1. The van der Waals surface area contributed by atoms with Gasteiger partial charge in [0, 0.05) is 6.07 Å². The van der Waals surface area contributed by atoms with E-state index in [1.54, 1.807) is 12.1 Å². The molecule has 0 spiro atoms. The molecule has 1 N–H and O–H groups in total. The largest absolute Gasteiger partial charge is 0.445 e. The molecule has 7 nitrogen and oxygen atoms in total. The van der Waals surface area contributed by atoms with Crippen LogP contribution >= 0.6 is 0 Å². The Morgan fingerprint density at radius 3 is 2.52 bits per heavy atom. The molecule has 0 aliphatic heterocycles. The van der Waals surface area contributed by atoms with Crippen LogP contribution in [0.5, 0.6) is 5.75 Å². The number of fused-ring (bicyclic) bond motifs is 1. The summed E-state index contributed by atoms with van der Waals surface area (Å²) in [5.41, 5.74) is 2.31. The minimum Gasteiger partial charge on any atom is -0.445 e. The summed E-state index contributed by atoms with van der Waals surface area (Å²) in [6.07, 6.45) is 1.80. The minimum atomic E-state index is -0.876. The van der Waals surface area contributed by atoms with Crippen molar-refractivity contribution in [2.45, 2.75) is 59.1 Å². The third-order valence-electron chi connectivity index (χ3n) is 5.13. The lowest BCUT2D eigenvalue weighted by atomic mass is 10.0. The first kappa shape index (κ1) is 24.0. The van der Waals surface area contributed by atoms with Gasteiger partial charge in [-0.15, -0.1) is 0 Å². The number of ether oxygens (including phenoxy) is 2. The number of amides is 1. The topological polar surface area (TPSA) is 94.8 Å². The van der Waals surface area contributed by atoms with Gasteiger partial charge in [0.2, 0.25) is 0 Å². The van der Waals surface area contributed by atoms with Gasteiger partial charge in [0.1, 0.15) is 24.0 Å². The Labute approximate surface area is 192 Å². The Bertz CT molecular complexity index is 1170. The van der Waals surface area contributed by atoms with Crippen LogP contribution in [0, 0.1) is 6.92 Å². The molecule has 174 valence electrons. The summed E-state index contributed by atoms with van der Waals surface area (Å²) in [6.45, 7) is 5.84. The van der Waals surface area contributed by atoms with E-state index >= 15 is 0 Å². The molecule has 1 atom stereocenters. The van der Waals surface area contributed by atoms with Crippen LogP contribution in [0.1, 0.15) is 49.8 Å². The molecule has 0 fully saturated rings. The Balaban J connectivity index is 1.79. The van der Waals surface area contributed by atoms with E-state index in [1.807, 2.05) is 51.1 Å². The smallest absolute Gasteiger partial charge is 0.408 e. The van der Waals surface area contributed by atoms with Crippen molar-refractivity contribution in [1.82, 2.24) is 5.32 Å². The van der Waals surface area contributed by atoms with Crippen molar-refractivity contribution in [3.63, 3.8) is 0 Å². The van der Waals surface area contributed by atoms with Crippen LogP contribution < -0.4 is 15.7 Å². The minimum absolute atomic E-state index is 0.0997. The van der Waals surface area contributed by atoms with Gasteiger partial charge in [0.15, 0.2) is 0 Å². The fraction of sp³-hybridized carbons (Fsp3) is 0.346. The van der Waals surface area contributed by atoms with E-state index in [9.17, 15) is 14.4 Å². The number of carbonyl (C=O) groups is 2. The normalized spacial score (nSPS) is 11.7. The molecule has 3 rings (SSSR count). The van der Waals surface area contributed by atoms with Gasteiger partial charge in [-0.2, -0.15) is 0 Å². The van der Waals surface area contributed by atoms with Gasteiger partial charge in [-0.25, -0.2) is 14.4 Å². The summed E-state index contributed by atoms with van der Waals surface area (Å²) in [6, 6.07) is 13.3. The van der Waals surface area contributed by atoms with Crippen molar-refractivity contribution >= 4 is 23.0 Å². The maximum Gasteiger partial charge on any atom is 0.408 e. The van der Waals surface area contributed by atoms with Crippen LogP contribution in [0.4, 0.5) is 4.79 Å². The molecule has 0 aliphatic carbocycles. The number of hydrogen-bond donors (Lipinski definition) is 1. The Hall–Kier alpha value is -3.61. The number of aryl methyl sites for hydroxylation is 2. The fourth-order valence-corrected chi connectivity index (χ4v) is 3.64. The lowest BCUT2D eigenvalue weighted by Crippen LogP contribution is -2.43. The van der Waals surface area contributed by atoms with Crippen molar-refractivity contribution in [3.8, 4) is 5.75 Å². The summed E-state index contributed by atoms with van der Waals surface area (Å²) in [5.74, 6) is -0.295. The quantitative estimate of drug-likeness (QED) is 0.278. The van der Waals surface area contributed by atoms with Crippen LogP contribution in [-0.4, -0.2) is 18.1 Å². The molecule has 0 bridgehead atoms. The van der Waals surface area contributed by atoms with Crippen LogP contribution in [0.2, 0.25) is 0 Å². The van der Waals surface area contributed by atoms with Gasteiger partial charge in [-0.05, 0) is 48.6 Å². The maximum atomic E-state index is 13.0. The van der Waals surface area contributed by atoms with Gasteiger partial charge in [0.05, 0.1) is 5.39 Å². The average Bonchev–Trinajstić information content (AvgIpc) is 2.77. The molecule has 0 saturated carbocycles. The van der Waals surface area contributed by atoms with E-state index in [2.05, 4.69) is 5.32 Å². The van der Waals surface area contributed by atoms with Crippen LogP contribution in [0.25, 0.3) is 11.0 Å². The standard InChI is InChI=1S/C26H29NO6/c1-4-9-19-15-23(28)32-21-13-17(3)14-22(24(19)21)33-25(29)20(10-5-2)27-26(30)31-16-18-11-7-6-8-12-18/h6-8,11-15,20H,4-5,9-10,16H2,1-3H3,(H,27,30)/t20-/m0/s1. The lowest BCUT2D eigenvalue weighted by molar-refractivity contribution is -0.136. The highest BCUT2D eigenvalue weighted by Gasteiger charge is 2.24. The summed E-state index contributed by atoms with van der Waals surface area (Å²) >= 11 is 0. The Morgan fingerprint density at radius 1 is 1.06 bits per heavy atom. The molecule has 2 aromatic carbocycles. The summed E-state index contributed by atoms with van der Waals surface area (Å²) in [4.78, 5) is 37.3. The third kappa shape index (κ3) is 6.44. The summed E-state index contributed by atoms with van der Waals surface area (Å²) in [7, 11) is 0. The number of nitrogens with one attached hydrogen (secondary N) is 1. The number of carbonyl (C=O) groups excluding carboxylic acids is 2. The maximum absolute atomic E-state index is 13.0. The molecular formula is C26H29NO6. The van der Waals surface area contributed by atoms with Crippen molar-refractivity contribution in [2.24, 2.45) is 0 Å². The van der Waals surface area contributed by atoms with Gasteiger partial charge in [-0.1, -0.05) is 57.0 Å². The molecule has 7 heteroatoms. The molecule has 0 radical (unpaired) electrons. The predicted molar refractivity (Wildman–Crippen MR) is 125 cm³/mol. The molecule has 1 aromatic heterocycles. The van der Waals surface area contributed by atoms with E-state index in [0.717, 1.165) is 23.1 Å². The molecule has 1 amide bonds. The first-order valence-corrected chi connectivity index (χ1v) is 11.2. The highest BCUT2D eigenvalue weighted by Crippen LogP contribution is 2.31. The SMILES string of the molecule is CCCc1cc(=O)oc2cc(C)cc(OC(=O)[C@H](CCC)NC(=O)OCc3ccccc3)c12. The van der Waals surface area contributed by atoms with E-state index in [0.29, 0.717) is 36.0 Å². The monoisotopic (exact) mass is 451 g/mol. The highest BCUT2D eigenvalue weighted by atomic mass is 16.6. The number of rotatable bonds is 9. The molecular weight excluding hydrogens is 422 g/mol. The first-order chi connectivity index (χ1) is 15.9. The lowest BCUT2D eigenvalue weighted by Gasteiger charge is -2.18. The third-order valence-corrected chi connectivity index (χ3v) is 5.13. The van der Waals surface area contributed by atoms with Crippen molar-refractivity contribution in [1.29, 1.82) is 0 Å². The zero-order valence-corrected chi connectivity index (χ0v) is 19.2. The number of benzene rings is 2. The molecule has 33 heavy (non-hydrogen) atoms. The fourth-order valence-electron chi connectivity index (χ4n) is 3.64. The second-order valence-electron chi connectivity index (χ2n) is 7.95. The zero-order chi connectivity index (χ0) is 23.8. The molecule has 0 aliphatic rings. The average molecular weight is 452 g/mol. The highest BCUT2D eigenvalue weighted by molar-refractivity contribution is 5.91. The number of alkyl carbamates (subject to hydrolysis) is 1. The zero-order valence-electron chi connectivity index (χ0n) is 19.2. The van der Waals surface area contributed by atoms with Gasteiger partial charge in [0.25, 0.3) is 0 Å². The van der Waals surface area contributed by atoms with E-state index in [-0.39, 0.29) is 6.61 Å². The molecule has 0 saturated heterocycles. The van der Waals surface area contributed by atoms with Gasteiger partial charge in [-0.3, -0.25) is 0 Å². The van der Waals surface area contributed by atoms with E-state index in [1.165, 1.54) is 6.07 Å². The van der Waals surface area contributed by atoms with Gasteiger partial charge < -0.3 is 19.2 Å². The molecule has 3 aromatic rings. The van der Waals surface area contributed by atoms with E-state index in [4.69, 9.17) is 13.9 Å². The van der Waals surface area contributed by atoms with Crippen LogP contribution in [0.3, 0.4) is 0 Å². The second-order valence-corrected chi connectivity index (χ2v) is 7.95. The van der Waals surface area contributed by atoms with Crippen molar-refractivity contribution < 1.29 is 23.5 Å². The van der Waals surface area contributed by atoms with Gasteiger partial charge >= 0.3 is 17.7 Å². The Kier molecular flexibility index (Phi) is 8.24. The van der Waals surface area contributed by atoms with Crippen LogP contribution in [0.15, 0.2) is 57.7 Å². The predicted octanol–water partition coefficient (Wildman–Crippen LogP) is 5.05. The van der Waals surface area contributed by atoms with Crippen molar-refractivity contribution in [2.75, 3.05) is 0 Å². The number of hydrogen-bond acceptors (Lipinski definition) is 6. The van der Waals surface area contributed by atoms with Crippen LogP contribution in [-0.2, 0) is 22.6 Å². The molecule has 1 heterocycles. The second kappa shape index (κ2) is 11.3.